The molecule has 2 unspecified atom stereocenters. The molecule has 1 aromatic carbocycles. The van der Waals surface area contributed by atoms with Gasteiger partial charge in [-0.25, -0.2) is 0 Å². The monoisotopic (exact) mass is 270 g/mol. The van der Waals surface area contributed by atoms with Crippen LogP contribution < -0.4 is 5.32 Å². The fourth-order valence-electron chi connectivity index (χ4n) is 3.09. The Kier molecular flexibility index (Phi) is 3.77. The van der Waals surface area contributed by atoms with E-state index in [1.807, 2.05) is 30.5 Å². The minimum atomic E-state index is 0.0565. The van der Waals surface area contributed by atoms with Gasteiger partial charge in [0.15, 0.2) is 0 Å². The zero-order valence-electron chi connectivity index (χ0n) is 12.0. The fourth-order valence-corrected chi connectivity index (χ4v) is 3.09. The van der Waals surface area contributed by atoms with E-state index in [1.54, 1.807) is 0 Å². The Morgan fingerprint density at radius 2 is 2.10 bits per heavy atom. The van der Waals surface area contributed by atoms with Gasteiger partial charge in [0, 0.05) is 23.3 Å². The van der Waals surface area contributed by atoms with Crippen LogP contribution in [0.4, 0.5) is 0 Å². The van der Waals surface area contributed by atoms with Crippen LogP contribution in [0.15, 0.2) is 30.5 Å². The minimum Gasteiger partial charge on any atom is -0.361 e. The van der Waals surface area contributed by atoms with Crippen molar-refractivity contribution in [1.29, 1.82) is 0 Å². The summed E-state index contributed by atoms with van der Waals surface area (Å²) in [6.07, 6.45) is 7.86. The quantitative estimate of drug-likeness (QED) is 0.799. The summed E-state index contributed by atoms with van der Waals surface area (Å²) in [5.41, 5.74) is 1.77. The van der Waals surface area contributed by atoms with Crippen molar-refractivity contribution in [3.8, 4) is 0 Å². The van der Waals surface area contributed by atoms with Gasteiger partial charge in [0.25, 0.3) is 5.91 Å². The first-order valence-electron chi connectivity index (χ1n) is 7.60. The van der Waals surface area contributed by atoms with Gasteiger partial charge in [-0.1, -0.05) is 25.8 Å². The van der Waals surface area contributed by atoms with Crippen LogP contribution in [0.2, 0.25) is 0 Å². The molecule has 0 spiro atoms. The average Bonchev–Trinajstić information content (AvgIpc) is 2.82. The number of aromatic nitrogens is 1. The van der Waals surface area contributed by atoms with Gasteiger partial charge in [-0.2, -0.15) is 0 Å². The van der Waals surface area contributed by atoms with Gasteiger partial charge in [-0.15, -0.1) is 0 Å². The Morgan fingerprint density at radius 3 is 3.00 bits per heavy atom. The first-order valence-corrected chi connectivity index (χ1v) is 7.60. The molecule has 1 amide bonds. The van der Waals surface area contributed by atoms with Crippen molar-refractivity contribution in [2.45, 2.75) is 45.1 Å². The Balaban J connectivity index is 1.68. The third kappa shape index (κ3) is 2.87. The number of fused-ring (bicyclic) bond motifs is 1. The number of rotatable bonds is 2. The summed E-state index contributed by atoms with van der Waals surface area (Å²) < 4.78 is 0. The summed E-state index contributed by atoms with van der Waals surface area (Å²) in [4.78, 5) is 15.5. The van der Waals surface area contributed by atoms with Crippen molar-refractivity contribution in [2.75, 3.05) is 0 Å². The van der Waals surface area contributed by atoms with Gasteiger partial charge in [0.2, 0.25) is 0 Å². The lowest BCUT2D eigenvalue weighted by molar-refractivity contribution is 0.0933. The number of hydrogen-bond acceptors (Lipinski definition) is 1. The lowest BCUT2D eigenvalue weighted by Crippen LogP contribution is -2.34. The molecule has 3 heteroatoms. The number of aromatic amines is 1. The van der Waals surface area contributed by atoms with Gasteiger partial charge in [-0.3, -0.25) is 4.79 Å². The molecule has 0 saturated heterocycles. The van der Waals surface area contributed by atoms with E-state index in [-0.39, 0.29) is 5.91 Å². The zero-order chi connectivity index (χ0) is 13.9. The molecule has 106 valence electrons. The lowest BCUT2D eigenvalue weighted by Gasteiger charge is -2.16. The van der Waals surface area contributed by atoms with E-state index in [0.29, 0.717) is 6.04 Å². The first-order chi connectivity index (χ1) is 9.72. The molecule has 20 heavy (non-hydrogen) atoms. The SMILES string of the molecule is CC1CCCC(NC(=O)c2ccc3cc[nH]c3c2)CC1. The van der Waals surface area contributed by atoms with Crippen LogP contribution in [-0.2, 0) is 0 Å². The Morgan fingerprint density at radius 1 is 1.20 bits per heavy atom. The molecule has 2 N–H and O–H groups in total. The van der Waals surface area contributed by atoms with E-state index in [9.17, 15) is 4.79 Å². The molecule has 1 saturated carbocycles. The molecule has 3 rings (SSSR count). The van der Waals surface area contributed by atoms with Gasteiger partial charge < -0.3 is 10.3 Å². The van der Waals surface area contributed by atoms with E-state index in [4.69, 9.17) is 0 Å². The Bertz CT molecular complexity index is 602. The van der Waals surface area contributed by atoms with E-state index in [0.717, 1.165) is 35.2 Å². The molecule has 0 radical (unpaired) electrons. The second kappa shape index (κ2) is 5.70. The number of benzene rings is 1. The number of carbonyl (C=O) groups is 1. The van der Waals surface area contributed by atoms with Crippen molar-refractivity contribution < 1.29 is 4.79 Å². The Labute approximate surface area is 119 Å². The summed E-state index contributed by atoms with van der Waals surface area (Å²) in [6, 6.07) is 8.20. The molecule has 1 aliphatic rings. The lowest BCUT2D eigenvalue weighted by atomic mass is 10.0. The highest BCUT2D eigenvalue weighted by molar-refractivity contribution is 5.98. The molecular weight excluding hydrogens is 248 g/mol. The summed E-state index contributed by atoms with van der Waals surface area (Å²) in [5.74, 6) is 0.855. The second-order valence-electron chi connectivity index (χ2n) is 6.06. The van der Waals surface area contributed by atoms with Crippen molar-refractivity contribution in [1.82, 2.24) is 10.3 Å². The van der Waals surface area contributed by atoms with Crippen LogP contribution in [0.1, 0.15) is 49.4 Å². The van der Waals surface area contributed by atoms with E-state index >= 15 is 0 Å². The maximum absolute atomic E-state index is 12.3. The number of hydrogen-bond donors (Lipinski definition) is 2. The van der Waals surface area contributed by atoms with Gasteiger partial charge >= 0.3 is 0 Å². The highest BCUT2D eigenvalue weighted by Gasteiger charge is 2.18. The largest absolute Gasteiger partial charge is 0.361 e. The predicted molar refractivity (Wildman–Crippen MR) is 81.8 cm³/mol. The number of carbonyl (C=O) groups excluding carboxylic acids is 1. The molecule has 2 atom stereocenters. The topological polar surface area (TPSA) is 44.9 Å². The molecule has 2 aromatic rings. The van der Waals surface area contributed by atoms with Gasteiger partial charge in [-0.05, 0) is 48.8 Å². The summed E-state index contributed by atoms with van der Waals surface area (Å²) in [5, 5.41) is 4.34. The first kappa shape index (κ1) is 13.2. The maximum atomic E-state index is 12.3. The van der Waals surface area contributed by atoms with Crippen LogP contribution in [-0.4, -0.2) is 16.9 Å². The normalized spacial score (nSPS) is 23.4. The zero-order valence-corrected chi connectivity index (χ0v) is 12.0. The number of nitrogens with one attached hydrogen (secondary N) is 2. The molecule has 1 aliphatic carbocycles. The highest BCUT2D eigenvalue weighted by atomic mass is 16.1. The van der Waals surface area contributed by atoms with E-state index in [2.05, 4.69) is 17.2 Å². The second-order valence-corrected chi connectivity index (χ2v) is 6.06. The molecule has 1 aromatic heterocycles. The van der Waals surface area contributed by atoms with Crippen molar-refractivity contribution >= 4 is 16.8 Å². The van der Waals surface area contributed by atoms with Crippen LogP contribution >= 0.6 is 0 Å². The Hall–Kier alpha value is -1.77. The number of H-pyrrole nitrogens is 1. The smallest absolute Gasteiger partial charge is 0.251 e. The standard InChI is InChI=1S/C17H22N2O/c1-12-3-2-4-15(8-5-12)19-17(20)14-7-6-13-9-10-18-16(13)11-14/h6-7,9-12,15,18H,2-5,8H2,1H3,(H,19,20). The molecule has 0 bridgehead atoms. The fraction of sp³-hybridized carbons (Fsp3) is 0.471. The van der Waals surface area contributed by atoms with Gasteiger partial charge in [0.05, 0.1) is 0 Å². The molecule has 0 aliphatic heterocycles. The average molecular weight is 270 g/mol. The maximum Gasteiger partial charge on any atom is 0.251 e. The van der Waals surface area contributed by atoms with Crippen molar-refractivity contribution in [2.24, 2.45) is 5.92 Å². The van der Waals surface area contributed by atoms with Crippen LogP contribution in [0.25, 0.3) is 10.9 Å². The molecule has 3 nitrogen and oxygen atoms in total. The molecule has 1 fully saturated rings. The van der Waals surface area contributed by atoms with Crippen molar-refractivity contribution in [3.63, 3.8) is 0 Å². The predicted octanol–water partition coefficient (Wildman–Crippen LogP) is 3.87. The summed E-state index contributed by atoms with van der Waals surface area (Å²) >= 11 is 0. The summed E-state index contributed by atoms with van der Waals surface area (Å²) in [6.45, 7) is 2.31. The van der Waals surface area contributed by atoms with Crippen LogP contribution in [0.5, 0.6) is 0 Å². The molecule has 1 heterocycles. The third-order valence-corrected chi connectivity index (χ3v) is 4.41. The van der Waals surface area contributed by atoms with Crippen molar-refractivity contribution in [3.05, 3.63) is 36.0 Å². The molecular formula is C17H22N2O. The van der Waals surface area contributed by atoms with Crippen LogP contribution in [0.3, 0.4) is 0 Å². The third-order valence-electron chi connectivity index (χ3n) is 4.41. The number of amides is 1. The van der Waals surface area contributed by atoms with Gasteiger partial charge in [0.1, 0.15) is 0 Å². The van der Waals surface area contributed by atoms with E-state index < -0.39 is 0 Å². The highest BCUT2D eigenvalue weighted by Crippen LogP contribution is 2.23. The minimum absolute atomic E-state index is 0.0565. The summed E-state index contributed by atoms with van der Waals surface area (Å²) in [7, 11) is 0. The van der Waals surface area contributed by atoms with E-state index in [1.165, 1.54) is 19.3 Å². The van der Waals surface area contributed by atoms with Crippen LogP contribution in [0, 0.1) is 5.92 Å².